The van der Waals surface area contributed by atoms with E-state index in [4.69, 9.17) is 21.1 Å². The van der Waals surface area contributed by atoms with E-state index >= 15 is 0 Å². The number of anilines is 1. The van der Waals surface area contributed by atoms with Crippen molar-refractivity contribution < 1.29 is 28.7 Å². The molecule has 0 atom stereocenters. The lowest BCUT2D eigenvalue weighted by Crippen LogP contribution is -2.21. The van der Waals surface area contributed by atoms with Gasteiger partial charge in [-0.05, 0) is 55.5 Å². The molecule has 0 aliphatic rings. The Morgan fingerprint density at radius 2 is 1.48 bits per heavy atom. The second kappa shape index (κ2) is 11.0. The number of halogens is 1. The van der Waals surface area contributed by atoms with E-state index in [2.05, 4.69) is 5.32 Å². The minimum absolute atomic E-state index is 0.0304. The van der Waals surface area contributed by atoms with Crippen LogP contribution < -0.4 is 5.32 Å². The Kier molecular flexibility index (Phi) is 8.36. The molecule has 2 rings (SSSR count). The molecular formula is C21H20ClNO6. The Hall–Kier alpha value is -3.19. The third kappa shape index (κ3) is 7.38. The fraction of sp³-hybridized carbons (Fsp3) is 0.238. The molecule has 0 saturated heterocycles. The average molecular weight is 418 g/mol. The number of carbonyl (C=O) groups excluding carboxylic acids is 4. The molecule has 2 aromatic carbocycles. The molecule has 29 heavy (non-hydrogen) atoms. The van der Waals surface area contributed by atoms with Crippen LogP contribution in [0.3, 0.4) is 0 Å². The van der Waals surface area contributed by atoms with Crippen molar-refractivity contribution >= 4 is 40.9 Å². The molecule has 0 aromatic heterocycles. The Balaban J connectivity index is 1.72. The highest BCUT2D eigenvalue weighted by Crippen LogP contribution is 2.13. The molecule has 8 heteroatoms. The van der Waals surface area contributed by atoms with Crippen LogP contribution in [0.25, 0.3) is 0 Å². The fourth-order valence-electron chi connectivity index (χ4n) is 2.32. The Bertz CT molecular complexity index is 877. The largest absolute Gasteiger partial charge is 0.462 e. The first kappa shape index (κ1) is 22.1. The molecule has 0 spiro atoms. The van der Waals surface area contributed by atoms with E-state index < -0.39 is 24.5 Å². The maximum Gasteiger partial charge on any atom is 0.338 e. The Labute approximate surface area is 172 Å². The van der Waals surface area contributed by atoms with Crippen LogP contribution in [-0.4, -0.2) is 36.8 Å². The van der Waals surface area contributed by atoms with Crippen molar-refractivity contribution in [1.82, 2.24) is 0 Å². The second-order valence-corrected chi connectivity index (χ2v) is 6.37. The normalized spacial score (nSPS) is 10.1. The van der Waals surface area contributed by atoms with E-state index in [-0.39, 0.29) is 25.2 Å². The maximum atomic E-state index is 12.0. The predicted octanol–water partition coefficient (Wildman–Crippen LogP) is 3.66. The summed E-state index contributed by atoms with van der Waals surface area (Å²) < 4.78 is 9.75. The van der Waals surface area contributed by atoms with E-state index in [0.717, 1.165) is 0 Å². The zero-order valence-corrected chi connectivity index (χ0v) is 16.5. The number of carbonyl (C=O) groups is 4. The zero-order chi connectivity index (χ0) is 21.2. The molecular weight excluding hydrogens is 398 g/mol. The van der Waals surface area contributed by atoms with Crippen molar-refractivity contribution in [2.24, 2.45) is 0 Å². The van der Waals surface area contributed by atoms with Crippen LogP contribution in [0.15, 0.2) is 48.5 Å². The summed E-state index contributed by atoms with van der Waals surface area (Å²) in [4.78, 5) is 47.2. The lowest BCUT2D eigenvalue weighted by Gasteiger charge is -2.07. The van der Waals surface area contributed by atoms with Crippen LogP contribution >= 0.6 is 11.6 Å². The molecule has 1 N–H and O–H groups in total. The summed E-state index contributed by atoms with van der Waals surface area (Å²) in [5.74, 6) is -1.86. The van der Waals surface area contributed by atoms with Crippen molar-refractivity contribution in [1.29, 1.82) is 0 Å². The number of hydrogen-bond acceptors (Lipinski definition) is 6. The van der Waals surface area contributed by atoms with Crippen molar-refractivity contribution in [2.45, 2.75) is 19.8 Å². The van der Waals surface area contributed by atoms with Gasteiger partial charge < -0.3 is 14.8 Å². The van der Waals surface area contributed by atoms with Gasteiger partial charge in [-0.2, -0.15) is 0 Å². The smallest absolute Gasteiger partial charge is 0.338 e. The summed E-state index contributed by atoms with van der Waals surface area (Å²) in [5, 5.41) is 3.06. The van der Waals surface area contributed by atoms with Gasteiger partial charge in [0.2, 0.25) is 0 Å². The van der Waals surface area contributed by atoms with Gasteiger partial charge in [0.25, 0.3) is 5.91 Å². The van der Waals surface area contributed by atoms with E-state index in [9.17, 15) is 19.2 Å². The summed E-state index contributed by atoms with van der Waals surface area (Å²) in [6.07, 6.45) is -0.166. The molecule has 0 radical (unpaired) electrons. The van der Waals surface area contributed by atoms with Gasteiger partial charge in [-0.15, -0.1) is 0 Å². The number of amides is 1. The molecule has 1 amide bonds. The third-order valence-electron chi connectivity index (χ3n) is 3.77. The zero-order valence-electron chi connectivity index (χ0n) is 15.8. The third-order valence-corrected chi connectivity index (χ3v) is 4.02. The van der Waals surface area contributed by atoms with Gasteiger partial charge in [0.1, 0.15) is 0 Å². The lowest BCUT2D eigenvalue weighted by molar-refractivity contribution is -0.147. The Morgan fingerprint density at radius 3 is 2.10 bits per heavy atom. The molecule has 0 aliphatic heterocycles. The summed E-state index contributed by atoms with van der Waals surface area (Å²) in [5.41, 5.74) is 1.25. The van der Waals surface area contributed by atoms with Crippen molar-refractivity contribution in [3.8, 4) is 0 Å². The standard InChI is InChI=1S/C21H20ClNO6/c1-2-28-21(27)15-5-9-17(10-6-15)23-19(25)13-29-20(26)12-11-18(24)14-3-7-16(22)8-4-14/h3-10H,2,11-13H2,1H3,(H,23,25). The van der Waals surface area contributed by atoms with Gasteiger partial charge in [0.15, 0.2) is 12.4 Å². The molecule has 0 bridgehead atoms. The van der Waals surface area contributed by atoms with E-state index in [0.29, 0.717) is 21.8 Å². The summed E-state index contributed by atoms with van der Waals surface area (Å²) in [6.45, 7) is 1.50. The number of rotatable bonds is 9. The molecule has 2 aromatic rings. The highest BCUT2D eigenvalue weighted by atomic mass is 35.5. The van der Waals surface area contributed by atoms with E-state index in [1.807, 2.05) is 0 Å². The summed E-state index contributed by atoms with van der Waals surface area (Å²) in [7, 11) is 0. The lowest BCUT2D eigenvalue weighted by atomic mass is 10.1. The number of hydrogen-bond donors (Lipinski definition) is 1. The fourth-order valence-corrected chi connectivity index (χ4v) is 2.44. The Morgan fingerprint density at radius 1 is 0.862 bits per heavy atom. The second-order valence-electron chi connectivity index (χ2n) is 5.94. The van der Waals surface area contributed by atoms with Crippen LogP contribution in [0.1, 0.15) is 40.5 Å². The predicted molar refractivity (Wildman–Crippen MR) is 107 cm³/mol. The van der Waals surface area contributed by atoms with Crippen molar-refractivity contribution in [3.63, 3.8) is 0 Å². The molecule has 7 nitrogen and oxygen atoms in total. The maximum absolute atomic E-state index is 12.0. The van der Waals surface area contributed by atoms with Gasteiger partial charge in [-0.1, -0.05) is 11.6 Å². The van der Waals surface area contributed by atoms with Crippen molar-refractivity contribution in [2.75, 3.05) is 18.5 Å². The molecule has 0 aliphatic carbocycles. The molecule has 0 saturated carbocycles. The van der Waals surface area contributed by atoms with E-state index in [1.54, 1.807) is 31.2 Å². The molecule has 152 valence electrons. The van der Waals surface area contributed by atoms with Crippen LogP contribution in [-0.2, 0) is 19.1 Å². The number of ketones is 1. The minimum Gasteiger partial charge on any atom is -0.462 e. The summed E-state index contributed by atoms with van der Waals surface area (Å²) >= 11 is 5.76. The number of esters is 2. The first-order chi connectivity index (χ1) is 13.9. The highest BCUT2D eigenvalue weighted by Gasteiger charge is 2.12. The van der Waals surface area contributed by atoms with Crippen molar-refractivity contribution in [3.05, 3.63) is 64.7 Å². The van der Waals surface area contributed by atoms with Gasteiger partial charge in [-0.25, -0.2) is 4.79 Å². The van der Waals surface area contributed by atoms with Crippen LogP contribution in [0, 0.1) is 0 Å². The molecule has 0 heterocycles. The first-order valence-corrected chi connectivity index (χ1v) is 9.28. The molecule has 0 fully saturated rings. The summed E-state index contributed by atoms with van der Waals surface area (Å²) in [6, 6.07) is 12.5. The highest BCUT2D eigenvalue weighted by molar-refractivity contribution is 6.30. The topological polar surface area (TPSA) is 98.8 Å². The van der Waals surface area contributed by atoms with Gasteiger partial charge in [0.05, 0.1) is 18.6 Å². The van der Waals surface area contributed by atoms with Gasteiger partial charge in [0, 0.05) is 22.7 Å². The van der Waals surface area contributed by atoms with Gasteiger partial charge >= 0.3 is 11.9 Å². The number of ether oxygens (including phenoxy) is 2. The van der Waals surface area contributed by atoms with E-state index in [1.165, 1.54) is 24.3 Å². The van der Waals surface area contributed by atoms with Crippen LogP contribution in [0.2, 0.25) is 5.02 Å². The number of benzene rings is 2. The molecule has 0 unspecified atom stereocenters. The average Bonchev–Trinajstić information content (AvgIpc) is 2.71. The number of nitrogens with one attached hydrogen (secondary N) is 1. The van der Waals surface area contributed by atoms with Crippen LogP contribution in [0.4, 0.5) is 5.69 Å². The van der Waals surface area contributed by atoms with Crippen LogP contribution in [0.5, 0.6) is 0 Å². The monoisotopic (exact) mass is 417 g/mol. The quantitative estimate of drug-likeness (QED) is 0.493. The minimum atomic E-state index is -0.653. The number of Topliss-reactive ketones (excluding diaryl/α,β-unsaturated/α-hetero) is 1. The first-order valence-electron chi connectivity index (χ1n) is 8.90. The van der Waals surface area contributed by atoms with Gasteiger partial charge in [-0.3, -0.25) is 14.4 Å². The SMILES string of the molecule is CCOC(=O)c1ccc(NC(=O)COC(=O)CCC(=O)c2ccc(Cl)cc2)cc1.